The normalized spacial score (nSPS) is 14.3. The summed E-state index contributed by atoms with van der Waals surface area (Å²) in [5.74, 6) is -0.317. The zero-order chi connectivity index (χ0) is 15.5. The Bertz CT molecular complexity index is 435. The van der Waals surface area contributed by atoms with E-state index in [1.54, 1.807) is 38.0 Å². The molecule has 0 rings (SSSR count). The molecule has 0 fully saturated rings. The zero-order valence-corrected chi connectivity index (χ0v) is 14.3. The second-order valence-corrected chi connectivity index (χ2v) is 11.2. The Balaban J connectivity index is 5.13. The van der Waals surface area contributed by atoms with Gasteiger partial charge < -0.3 is 9.80 Å². The first-order chi connectivity index (χ1) is 8.33. The first-order valence-electron chi connectivity index (χ1n) is 6.07. The highest BCUT2D eigenvalue weighted by atomic mass is 32.3. The van der Waals surface area contributed by atoms with E-state index in [1.807, 2.05) is 0 Å². The Morgan fingerprint density at radius 1 is 0.737 bits per heavy atom. The van der Waals surface area contributed by atoms with Crippen LogP contribution in [0.15, 0.2) is 0 Å². The highest BCUT2D eigenvalue weighted by Crippen LogP contribution is 2.25. The predicted octanol–water partition coefficient (Wildman–Crippen LogP) is -0.325. The molecule has 0 atom stereocenters. The van der Waals surface area contributed by atoms with Crippen LogP contribution in [0, 0.1) is 0 Å². The molecule has 0 N–H and O–H groups in total. The van der Waals surface area contributed by atoms with Gasteiger partial charge in [0.05, 0.1) is 11.5 Å². The lowest BCUT2D eigenvalue weighted by molar-refractivity contribution is 0.428. The minimum atomic E-state index is -3.71. The van der Waals surface area contributed by atoms with Gasteiger partial charge in [-0.1, -0.05) is 0 Å². The molecule has 0 bridgehead atoms. The SMILES string of the molecule is CN(C)CCS(=O)(=O)C(C)(C)S(=O)(=O)CCN(C)C. The third-order valence-corrected chi connectivity index (χ3v) is 9.07. The maximum atomic E-state index is 12.2. The van der Waals surface area contributed by atoms with Crippen molar-refractivity contribution < 1.29 is 16.8 Å². The summed E-state index contributed by atoms with van der Waals surface area (Å²) in [5, 5.41) is 0. The second-order valence-electron chi connectivity index (χ2n) is 5.64. The van der Waals surface area contributed by atoms with Crippen molar-refractivity contribution in [2.75, 3.05) is 52.8 Å². The smallest absolute Gasteiger partial charge is 0.171 e. The number of hydrogen-bond donors (Lipinski definition) is 0. The fraction of sp³-hybridized carbons (Fsp3) is 1.00. The fourth-order valence-corrected chi connectivity index (χ4v) is 5.53. The van der Waals surface area contributed by atoms with Crippen molar-refractivity contribution in [3.05, 3.63) is 0 Å². The van der Waals surface area contributed by atoms with Gasteiger partial charge in [-0.25, -0.2) is 16.8 Å². The van der Waals surface area contributed by atoms with E-state index < -0.39 is 23.8 Å². The Hall–Kier alpha value is -0.180. The topological polar surface area (TPSA) is 74.8 Å². The average molecular weight is 314 g/mol. The molecule has 0 amide bonds. The highest BCUT2D eigenvalue weighted by Gasteiger charge is 2.45. The van der Waals surface area contributed by atoms with Crippen LogP contribution >= 0.6 is 0 Å². The first-order valence-corrected chi connectivity index (χ1v) is 9.38. The Morgan fingerprint density at radius 3 is 1.21 bits per heavy atom. The summed E-state index contributed by atoms with van der Waals surface area (Å²) in [6.07, 6.45) is 0. The molecule has 0 aliphatic rings. The number of sulfone groups is 2. The van der Waals surface area contributed by atoms with Crippen molar-refractivity contribution in [2.24, 2.45) is 0 Å². The summed E-state index contributed by atoms with van der Waals surface area (Å²) in [4.78, 5) is 3.44. The van der Waals surface area contributed by atoms with E-state index in [0.717, 1.165) is 0 Å². The van der Waals surface area contributed by atoms with E-state index in [4.69, 9.17) is 0 Å². The Labute approximate surface area is 117 Å². The molecule has 0 aliphatic heterocycles. The van der Waals surface area contributed by atoms with Gasteiger partial charge in [-0.15, -0.1) is 0 Å². The van der Waals surface area contributed by atoms with Gasteiger partial charge in [-0.3, -0.25) is 0 Å². The van der Waals surface area contributed by atoms with Crippen LogP contribution in [-0.2, 0) is 19.7 Å². The quantitative estimate of drug-likeness (QED) is 0.611. The summed E-state index contributed by atoms with van der Waals surface area (Å²) in [5.41, 5.74) is 0. The van der Waals surface area contributed by atoms with Crippen LogP contribution in [-0.4, -0.2) is 83.5 Å². The molecule has 19 heavy (non-hydrogen) atoms. The maximum absolute atomic E-state index is 12.2. The van der Waals surface area contributed by atoms with Crippen molar-refractivity contribution in [1.29, 1.82) is 0 Å². The lowest BCUT2D eigenvalue weighted by Crippen LogP contribution is -2.46. The minimum absolute atomic E-state index is 0.159. The third-order valence-electron chi connectivity index (χ3n) is 3.11. The molecule has 0 aromatic rings. The van der Waals surface area contributed by atoms with Gasteiger partial charge in [-0.2, -0.15) is 0 Å². The lowest BCUT2D eigenvalue weighted by atomic mass is 10.5. The Morgan fingerprint density at radius 2 is 1.00 bits per heavy atom. The molecule has 0 aromatic heterocycles. The molecule has 116 valence electrons. The zero-order valence-electron chi connectivity index (χ0n) is 12.7. The predicted molar refractivity (Wildman–Crippen MR) is 78.8 cm³/mol. The van der Waals surface area contributed by atoms with Crippen molar-refractivity contribution in [3.63, 3.8) is 0 Å². The van der Waals surface area contributed by atoms with E-state index in [0.29, 0.717) is 13.1 Å². The van der Waals surface area contributed by atoms with Gasteiger partial charge in [0.25, 0.3) is 0 Å². The van der Waals surface area contributed by atoms with Crippen LogP contribution in [0.1, 0.15) is 13.8 Å². The van der Waals surface area contributed by atoms with E-state index in [1.165, 1.54) is 13.8 Å². The number of rotatable bonds is 8. The molecular formula is C11H26N2O4S2. The molecule has 0 spiro atoms. The molecule has 0 saturated heterocycles. The van der Waals surface area contributed by atoms with E-state index in [9.17, 15) is 16.8 Å². The van der Waals surface area contributed by atoms with E-state index in [-0.39, 0.29) is 11.5 Å². The number of hydrogen-bond acceptors (Lipinski definition) is 6. The molecule has 0 aliphatic carbocycles. The van der Waals surface area contributed by atoms with Crippen LogP contribution in [0.5, 0.6) is 0 Å². The molecule has 0 heterocycles. The molecule has 0 saturated carbocycles. The summed E-state index contributed by atoms with van der Waals surface area (Å²) in [6, 6.07) is 0. The third kappa shape index (κ3) is 5.02. The molecular weight excluding hydrogens is 288 g/mol. The second kappa shape index (κ2) is 6.51. The summed E-state index contributed by atoms with van der Waals surface area (Å²) in [6.45, 7) is 3.19. The monoisotopic (exact) mass is 314 g/mol. The van der Waals surface area contributed by atoms with Crippen molar-refractivity contribution >= 4 is 19.7 Å². The average Bonchev–Trinajstić information content (AvgIpc) is 2.23. The Kier molecular flexibility index (Phi) is 6.45. The maximum Gasteiger partial charge on any atom is 0.171 e. The van der Waals surface area contributed by atoms with Crippen LogP contribution in [0.3, 0.4) is 0 Å². The largest absolute Gasteiger partial charge is 0.308 e. The molecule has 0 unspecified atom stereocenters. The van der Waals surface area contributed by atoms with Crippen molar-refractivity contribution in [3.8, 4) is 0 Å². The summed E-state index contributed by atoms with van der Waals surface area (Å²) in [7, 11) is -0.405. The van der Waals surface area contributed by atoms with Gasteiger partial charge in [0, 0.05) is 13.1 Å². The minimum Gasteiger partial charge on any atom is -0.308 e. The summed E-state index contributed by atoms with van der Waals surface area (Å²) < 4.78 is 47.2. The van der Waals surface area contributed by atoms with Crippen LogP contribution in [0.25, 0.3) is 0 Å². The highest BCUT2D eigenvalue weighted by molar-refractivity contribution is 8.10. The van der Waals surface area contributed by atoms with Crippen molar-refractivity contribution in [2.45, 2.75) is 17.9 Å². The molecule has 0 aromatic carbocycles. The van der Waals surface area contributed by atoms with Gasteiger partial charge in [-0.05, 0) is 42.0 Å². The van der Waals surface area contributed by atoms with E-state index in [2.05, 4.69) is 0 Å². The molecule has 0 radical (unpaired) electrons. The van der Waals surface area contributed by atoms with Crippen molar-refractivity contribution in [1.82, 2.24) is 9.80 Å². The van der Waals surface area contributed by atoms with Crippen LogP contribution in [0.2, 0.25) is 0 Å². The van der Waals surface area contributed by atoms with Crippen LogP contribution in [0.4, 0.5) is 0 Å². The molecule has 8 heteroatoms. The fourth-order valence-electron chi connectivity index (χ4n) is 1.29. The molecule has 6 nitrogen and oxygen atoms in total. The van der Waals surface area contributed by atoms with Crippen LogP contribution < -0.4 is 0 Å². The van der Waals surface area contributed by atoms with Gasteiger partial charge in [0.1, 0.15) is 0 Å². The lowest BCUT2D eigenvalue weighted by Gasteiger charge is -2.26. The van der Waals surface area contributed by atoms with Gasteiger partial charge in [0.2, 0.25) is 0 Å². The first kappa shape index (κ1) is 18.8. The standard InChI is InChI=1S/C11H26N2O4S2/c1-11(2,18(14,15)9-7-12(3)4)19(16,17)10-8-13(5)6/h7-10H2,1-6H3. The van der Waals surface area contributed by atoms with Gasteiger partial charge >= 0.3 is 0 Å². The summed E-state index contributed by atoms with van der Waals surface area (Å²) >= 11 is 0. The van der Waals surface area contributed by atoms with Gasteiger partial charge in [0.15, 0.2) is 23.8 Å². The number of nitrogens with zero attached hydrogens (tertiary/aromatic N) is 2. The van der Waals surface area contributed by atoms with E-state index >= 15 is 0 Å².